The molecule has 0 spiro atoms. The zero-order valence-corrected chi connectivity index (χ0v) is 8.73. The van der Waals surface area contributed by atoms with E-state index in [1.54, 1.807) is 18.2 Å². The van der Waals surface area contributed by atoms with Crippen LogP contribution in [-0.4, -0.2) is 17.6 Å². The molecule has 15 heavy (non-hydrogen) atoms. The average molecular weight is 205 g/mol. The molecule has 0 radical (unpaired) electrons. The first kappa shape index (κ1) is 11.3. The minimum atomic E-state index is -0.0132. The Kier molecular flexibility index (Phi) is 4.41. The highest BCUT2D eigenvalue weighted by Gasteiger charge is 1.89. The second-order valence-electron chi connectivity index (χ2n) is 3.27. The van der Waals surface area contributed by atoms with Crippen molar-refractivity contribution < 1.29 is 9.90 Å². The lowest BCUT2D eigenvalue weighted by molar-refractivity contribution is -0.118. The summed E-state index contributed by atoms with van der Waals surface area (Å²) in [7, 11) is 0. The quantitative estimate of drug-likeness (QED) is 0.738. The van der Waals surface area contributed by atoms with Gasteiger partial charge in [-0.25, -0.2) is 0 Å². The molecule has 3 heteroatoms. The highest BCUT2D eigenvalue weighted by atomic mass is 16.3. The number of hydrogen-bond donors (Lipinski definition) is 2. The number of hydrogen-bond acceptors (Lipinski definition) is 2. The van der Waals surface area contributed by atoms with Crippen molar-refractivity contribution in [2.45, 2.75) is 13.3 Å². The summed E-state index contributed by atoms with van der Waals surface area (Å²) in [5, 5.41) is 11.9. The van der Waals surface area contributed by atoms with Crippen molar-refractivity contribution in [3.05, 3.63) is 35.9 Å². The first-order chi connectivity index (χ1) is 7.18. The maximum Gasteiger partial charge on any atom is 0.216 e. The van der Waals surface area contributed by atoms with Gasteiger partial charge in [-0.15, -0.1) is 0 Å². The third-order valence-electron chi connectivity index (χ3n) is 1.87. The Hall–Kier alpha value is -1.77. The largest absolute Gasteiger partial charge is 0.508 e. The smallest absolute Gasteiger partial charge is 0.216 e. The van der Waals surface area contributed by atoms with Crippen molar-refractivity contribution in [3.8, 4) is 5.75 Å². The fraction of sp³-hybridized carbons (Fsp3) is 0.250. The van der Waals surface area contributed by atoms with Gasteiger partial charge in [0.1, 0.15) is 5.75 Å². The summed E-state index contributed by atoms with van der Waals surface area (Å²) >= 11 is 0. The van der Waals surface area contributed by atoms with E-state index >= 15 is 0 Å². The zero-order chi connectivity index (χ0) is 11.1. The molecule has 2 N–H and O–H groups in total. The van der Waals surface area contributed by atoms with Crippen LogP contribution >= 0.6 is 0 Å². The summed E-state index contributed by atoms with van der Waals surface area (Å²) in [4.78, 5) is 10.6. The molecule has 1 amide bonds. The van der Waals surface area contributed by atoms with Crippen LogP contribution < -0.4 is 5.32 Å². The molecule has 1 rings (SSSR count). The maximum atomic E-state index is 10.6. The third-order valence-corrected chi connectivity index (χ3v) is 1.87. The lowest BCUT2D eigenvalue weighted by atomic mass is 10.2. The fourth-order valence-corrected chi connectivity index (χ4v) is 1.18. The van der Waals surface area contributed by atoms with Gasteiger partial charge >= 0.3 is 0 Å². The van der Waals surface area contributed by atoms with Crippen molar-refractivity contribution in [1.82, 2.24) is 5.32 Å². The number of amides is 1. The van der Waals surface area contributed by atoms with Crippen LogP contribution in [0, 0.1) is 0 Å². The van der Waals surface area contributed by atoms with Crippen LogP contribution in [0.4, 0.5) is 0 Å². The number of carbonyl (C=O) groups is 1. The normalized spacial score (nSPS) is 10.5. The van der Waals surface area contributed by atoms with Crippen LogP contribution in [0.5, 0.6) is 5.75 Å². The molecule has 0 heterocycles. The molecule has 0 unspecified atom stereocenters. The Bertz CT molecular complexity index is 358. The van der Waals surface area contributed by atoms with Crippen molar-refractivity contribution >= 4 is 12.0 Å². The monoisotopic (exact) mass is 205 g/mol. The molecule has 0 bridgehead atoms. The Morgan fingerprint density at radius 1 is 1.53 bits per heavy atom. The summed E-state index contributed by atoms with van der Waals surface area (Å²) in [6.07, 6.45) is 4.67. The second-order valence-corrected chi connectivity index (χ2v) is 3.27. The van der Waals surface area contributed by atoms with Gasteiger partial charge < -0.3 is 10.4 Å². The van der Waals surface area contributed by atoms with Gasteiger partial charge in [0.25, 0.3) is 0 Å². The van der Waals surface area contributed by atoms with Gasteiger partial charge in [-0.05, 0) is 24.1 Å². The van der Waals surface area contributed by atoms with E-state index in [1.165, 1.54) is 6.92 Å². The van der Waals surface area contributed by atoms with Crippen molar-refractivity contribution in [1.29, 1.82) is 0 Å². The Balaban J connectivity index is 2.35. The maximum absolute atomic E-state index is 10.6. The Morgan fingerprint density at radius 2 is 2.33 bits per heavy atom. The van der Waals surface area contributed by atoms with Crippen LogP contribution in [0.25, 0.3) is 6.08 Å². The predicted octanol–water partition coefficient (Wildman–Crippen LogP) is 1.93. The number of phenolic OH excluding ortho intramolecular Hbond substituents is 1. The van der Waals surface area contributed by atoms with Gasteiger partial charge in [0.05, 0.1) is 0 Å². The Labute approximate surface area is 89.4 Å². The van der Waals surface area contributed by atoms with Crippen LogP contribution in [0.1, 0.15) is 18.9 Å². The van der Waals surface area contributed by atoms with Crippen LogP contribution in [0.3, 0.4) is 0 Å². The van der Waals surface area contributed by atoms with Gasteiger partial charge in [-0.3, -0.25) is 4.79 Å². The van der Waals surface area contributed by atoms with Crippen LogP contribution in [0.15, 0.2) is 30.3 Å². The lowest BCUT2D eigenvalue weighted by Gasteiger charge is -1.97. The van der Waals surface area contributed by atoms with Gasteiger partial charge in [0.15, 0.2) is 0 Å². The van der Waals surface area contributed by atoms with E-state index < -0.39 is 0 Å². The Morgan fingerprint density at radius 3 is 3.00 bits per heavy atom. The molecule has 0 aliphatic heterocycles. The number of phenols is 1. The summed E-state index contributed by atoms with van der Waals surface area (Å²) < 4.78 is 0. The molecule has 80 valence electrons. The number of nitrogens with one attached hydrogen (secondary N) is 1. The molecule has 3 nitrogen and oxygen atoms in total. The highest BCUT2D eigenvalue weighted by Crippen LogP contribution is 2.12. The van der Waals surface area contributed by atoms with Gasteiger partial charge in [0.2, 0.25) is 5.91 Å². The van der Waals surface area contributed by atoms with Gasteiger partial charge in [-0.1, -0.05) is 24.3 Å². The van der Waals surface area contributed by atoms with E-state index in [1.807, 2.05) is 18.2 Å². The molecule has 1 aromatic carbocycles. The first-order valence-corrected chi connectivity index (χ1v) is 4.88. The molecule has 0 aliphatic carbocycles. The molecule has 1 aromatic rings. The third kappa shape index (κ3) is 4.86. The summed E-state index contributed by atoms with van der Waals surface area (Å²) in [6.45, 7) is 2.14. The predicted molar refractivity (Wildman–Crippen MR) is 60.4 cm³/mol. The molecule has 0 saturated carbocycles. The van der Waals surface area contributed by atoms with E-state index in [2.05, 4.69) is 5.32 Å². The standard InChI is InChI=1S/C12H15NO2/c1-10(14)13-8-3-2-5-11-6-4-7-12(15)9-11/h2,4-7,9,15H,3,8H2,1H3,(H,13,14). The molecule has 0 atom stereocenters. The topological polar surface area (TPSA) is 49.3 Å². The SMILES string of the molecule is CC(=O)NCCC=Cc1cccc(O)c1. The molecule has 0 saturated heterocycles. The average Bonchev–Trinajstić information content (AvgIpc) is 2.17. The van der Waals surface area contributed by atoms with Crippen molar-refractivity contribution in [2.24, 2.45) is 0 Å². The molecular formula is C12H15NO2. The molecular weight excluding hydrogens is 190 g/mol. The van der Waals surface area contributed by atoms with Crippen molar-refractivity contribution in [2.75, 3.05) is 6.54 Å². The molecule has 0 aromatic heterocycles. The van der Waals surface area contributed by atoms with E-state index in [-0.39, 0.29) is 11.7 Å². The van der Waals surface area contributed by atoms with E-state index in [9.17, 15) is 9.90 Å². The van der Waals surface area contributed by atoms with Crippen LogP contribution in [-0.2, 0) is 4.79 Å². The highest BCUT2D eigenvalue weighted by molar-refractivity contribution is 5.72. The first-order valence-electron chi connectivity index (χ1n) is 4.88. The number of benzene rings is 1. The summed E-state index contributed by atoms with van der Waals surface area (Å²) in [5.41, 5.74) is 0.956. The van der Waals surface area contributed by atoms with E-state index in [4.69, 9.17) is 0 Å². The van der Waals surface area contributed by atoms with Crippen LogP contribution in [0.2, 0.25) is 0 Å². The lowest BCUT2D eigenvalue weighted by Crippen LogP contribution is -2.20. The second kappa shape index (κ2) is 5.86. The van der Waals surface area contributed by atoms with E-state index in [0.29, 0.717) is 6.54 Å². The number of carbonyl (C=O) groups excluding carboxylic acids is 1. The molecule has 0 fully saturated rings. The van der Waals surface area contributed by atoms with Gasteiger partial charge in [0, 0.05) is 13.5 Å². The minimum absolute atomic E-state index is 0.0132. The zero-order valence-electron chi connectivity index (χ0n) is 8.73. The fourth-order valence-electron chi connectivity index (χ4n) is 1.18. The molecule has 0 aliphatic rings. The van der Waals surface area contributed by atoms with Gasteiger partial charge in [-0.2, -0.15) is 0 Å². The summed E-state index contributed by atoms with van der Waals surface area (Å²) in [5.74, 6) is 0.250. The number of rotatable bonds is 4. The van der Waals surface area contributed by atoms with Crippen molar-refractivity contribution in [3.63, 3.8) is 0 Å². The number of aromatic hydroxyl groups is 1. The minimum Gasteiger partial charge on any atom is -0.508 e. The van der Waals surface area contributed by atoms with E-state index in [0.717, 1.165) is 12.0 Å². The summed E-state index contributed by atoms with van der Waals surface area (Å²) in [6, 6.07) is 7.03.